The molecule has 266 valence electrons. The monoisotopic (exact) mass is 717 g/mol. The molecule has 0 aliphatic carbocycles. The Morgan fingerprint density at radius 1 is 1.14 bits per heavy atom. The number of imidazole rings is 1. The minimum atomic E-state index is -2.07. The number of benzene rings is 2. The highest BCUT2D eigenvalue weighted by Gasteiger charge is 2.39. The summed E-state index contributed by atoms with van der Waals surface area (Å²) in [5.74, 6) is 1.14. The molecular weight excluding hydrogens is 681 g/mol. The summed E-state index contributed by atoms with van der Waals surface area (Å²) in [6, 6.07) is 12.2. The fourth-order valence-corrected chi connectivity index (χ4v) is 6.57. The number of nitrogens with zero attached hydrogens (tertiary/aromatic N) is 5. The number of hydrogen-bond donors (Lipinski definition) is 3. The van der Waals surface area contributed by atoms with Gasteiger partial charge in [-0.1, -0.05) is 35.9 Å². The van der Waals surface area contributed by atoms with Gasteiger partial charge in [0.2, 0.25) is 0 Å². The summed E-state index contributed by atoms with van der Waals surface area (Å²) in [7, 11) is 5.27. The maximum atomic E-state index is 14.8. The van der Waals surface area contributed by atoms with Crippen LogP contribution in [0.1, 0.15) is 43.6 Å². The molecule has 6 rings (SSSR count). The van der Waals surface area contributed by atoms with Crippen molar-refractivity contribution in [1.29, 1.82) is 0 Å². The highest BCUT2D eigenvalue weighted by atomic mass is 35.5. The van der Waals surface area contributed by atoms with E-state index >= 15 is 0 Å². The zero-order chi connectivity index (χ0) is 36.4. The van der Waals surface area contributed by atoms with Crippen molar-refractivity contribution in [2.24, 2.45) is 7.05 Å². The van der Waals surface area contributed by atoms with Gasteiger partial charge in [-0.2, -0.15) is 0 Å². The first kappa shape index (κ1) is 35.6. The number of pyridine rings is 1. The number of anilines is 2. The van der Waals surface area contributed by atoms with E-state index in [-0.39, 0.29) is 36.3 Å². The van der Waals surface area contributed by atoms with E-state index in [0.29, 0.717) is 39.9 Å². The highest BCUT2D eigenvalue weighted by molar-refractivity contribution is 6.36. The summed E-state index contributed by atoms with van der Waals surface area (Å²) in [5, 5.41) is 15.6. The predicted octanol–water partition coefficient (Wildman–Crippen LogP) is 4.15. The molecule has 2 aromatic heterocycles. The average molecular weight is 718 g/mol. The molecule has 2 amide bonds. The Bertz CT molecular complexity index is 2070. The Hall–Kier alpha value is -5.27. The highest BCUT2D eigenvalue weighted by Crippen LogP contribution is 2.38. The smallest absolute Gasteiger partial charge is 0.291 e. The summed E-state index contributed by atoms with van der Waals surface area (Å²) < 4.78 is 27.3. The standard InChI is InChI=1S/C36H37ClFN7O6/c1-21-23(24-8-6-10-26(32(24)37)42-35(49)33-40-28-16-43(2)12-11-29(28)44(33)3)7-5-9-25(21)41-34(48)27-13-30(50-4)22(14-39-27)15-45-18-36(38,19-47)20-51-31(45)17-46/h5-10,13-14,47H,11-12,15-16,18-20H2,1-4H3,(H,41,48)(H,42,49). The molecule has 0 saturated carbocycles. The van der Waals surface area contributed by atoms with Crippen molar-refractivity contribution in [3.8, 4) is 16.9 Å². The van der Waals surface area contributed by atoms with E-state index in [1.165, 1.54) is 24.3 Å². The van der Waals surface area contributed by atoms with E-state index in [1.54, 1.807) is 30.2 Å². The van der Waals surface area contributed by atoms with Crippen LogP contribution in [0.15, 0.2) is 54.5 Å². The number of carbonyl (C=O) groups is 2. The van der Waals surface area contributed by atoms with Gasteiger partial charge in [-0.15, -0.1) is 0 Å². The van der Waals surface area contributed by atoms with Crippen LogP contribution in [-0.4, -0.2) is 93.3 Å². The maximum absolute atomic E-state index is 14.8. The van der Waals surface area contributed by atoms with E-state index in [1.807, 2.05) is 37.7 Å². The average Bonchev–Trinajstić information content (AvgIpc) is 3.45. The number of aliphatic hydroxyl groups is 1. The summed E-state index contributed by atoms with van der Waals surface area (Å²) in [4.78, 5) is 50.6. The van der Waals surface area contributed by atoms with Gasteiger partial charge in [0.25, 0.3) is 17.7 Å². The minimum Gasteiger partial charge on any atom is -0.496 e. The summed E-state index contributed by atoms with van der Waals surface area (Å²) in [5.41, 5.74) is 3.39. The molecule has 4 aromatic rings. The Morgan fingerprint density at radius 2 is 1.86 bits per heavy atom. The summed E-state index contributed by atoms with van der Waals surface area (Å²) >= 11 is 6.89. The SMILES string of the molecule is COc1cc(C(=O)Nc2cccc(-c3cccc(NC(=O)c4nc5c(n4C)CCN(C)C5)c3Cl)c2C)ncc1CN1CC(F)(CO)COC1=C=O. The van der Waals surface area contributed by atoms with Gasteiger partial charge in [-0.25, -0.2) is 14.2 Å². The molecule has 0 radical (unpaired) electrons. The molecule has 2 aromatic carbocycles. The second kappa shape index (κ2) is 14.5. The van der Waals surface area contributed by atoms with Crippen molar-refractivity contribution in [1.82, 2.24) is 24.3 Å². The third kappa shape index (κ3) is 7.17. The van der Waals surface area contributed by atoms with Crippen molar-refractivity contribution >= 4 is 40.7 Å². The Labute approximate surface area is 298 Å². The molecular formula is C36H37ClFN7O6. The van der Waals surface area contributed by atoms with Gasteiger partial charge >= 0.3 is 0 Å². The normalized spacial score (nSPS) is 17.3. The van der Waals surface area contributed by atoms with Gasteiger partial charge in [-0.05, 0) is 37.2 Å². The van der Waals surface area contributed by atoms with Crippen molar-refractivity contribution in [3.05, 3.63) is 93.6 Å². The Balaban J connectivity index is 1.19. The first-order chi connectivity index (χ1) is 24.4. The fraction of sp³-hybridized carbons (Fsp3) is 0.333. The van der Waals surface area contributed by atoms with Crippen LogP contribution in [0.4, 0.5) is 15.8 Å². The van der Waals surface area contributed by atoms with Crippen LogP contribution in [0.25, 0.3) is 11.1 Å². The largest absolute Gasteiger partial charge is 0.496 e. The van der Waals surface area contributed by atoms with E-state index in [0.717, 1.165) is 35.5 Å². The Kier molecular flexibility index (Phi) is 10.1. The number of nitrogens with one attached hydrogen (secondary N) is 2. The zero-order valence-corrected chi connectivity index (χ0v) is 29.3. The Morgan fingerprint density at radius 3 is 2.59 bits per heavy atom. The molecule has 3 N–H and O–H groups in total. The van der Waals surface area contributed by atoms with Gasteiger partial charge in [0, 0.05) is 61.3 Å². The van der Waals surface area contributed by atoms with Crippen LogP contribution in [0, 0.1) is 6.92 Å². The first-order valence-corrected chi connectivity index (χ1v) is 16.5. The van der Waals surface area contributed by atoms with Gasteiger partial charge in [0.05, 0.1) is 43.2 Å². The van der Waals surface area contributed by atoms with Crippen molar-refractivity contribution in [3.63, 3.8) is 0 Å². The number of methoxy groups -OCH3 is 1. The predicted molar refractivity (Wildman–Crippen MR) is 188 cm³/mol. The third-order valence-corrected chi connectivity index (χ3v) is 9.53. The quantitative estimate of drug-likeness (QED) is 0.216. The summed E-state index contributed by atoms with van der Waals surface area (Å²) in [6.07, 6.45) is 2.20. The van der Waals surface area contributed by atoms with Gasteiger partial charge in [0.15, 0.2) is 17.4 Å². The second-order valence-electron chi connectivity index (χ2n) is 12.7. The van der Waals surface area contributed by atoms with Crippen LogP contribution < -0.4 is 15.4 Å². The van der Waals surface area contributed by atoms with E-state index in [2.05, 4.69) is 25.5 Å². The number of alkyl halides is 1. The number of carbonyl (C=O) groups excluding carboxylic acids is 3. The summed E-state index contributed by atoms with van der Waals surface area (Å²) in [6.45, 7) is 1.80. The third-order valence-electron chi connectivity index (χ3n) is 9.13. The van der Waals surface area contributed by atoms with Gasteiger partial charge < -0.3 is 39.6 Å². The van der Waals surface area contributed by atoms with Crippen LogP contribution in [0.3, 0.4) is 0 Å². The van der Waals surface area contributed by atoms with Crippen molar-refractivity contribution < 1.29 is 33.4 Å². The van der Waals surface area contributed by atoms with E-state index in [9.17, 15) is 23.9 Å². The molecule has 1 fully saturated rings. The number of amides is 2. The maximum Gasteiger partial charge on any atom is 0.291 e. The second-order valence-corrected chi connectivity index (χ2v) is 13.0. The molecule has 13 nitrogen and oxygen atoms in total. The molecule has 1 saturated heterocycles. The number of ether oxygens (including phenoxy) is 2. The topological polar surface area (TPSA) is 151 Å². The number of likely N-dealkylation sites (N-methyl/N-ethyl adjacent to an activating group) is 1. The number of aliphatic hydroxyl groups excluding tert-OH is 1. The lowest BCUT2D eigenvalue weighted by Gasteiger charge is -2.37. The lowest BCUT2D eigenvalue weighted by molar-refractivity contribution is -0.0780. The lowest BCUT2D eigenvalue weighted by Crippen LogP contribution is -2.50. The van der Waals surface area contributed by atoms with Crippen LogP contribution in [0.2, 0.25) is 5.02 Å². The molecule has 2 aliphatic heterocycles. The minimum absolute atomic E-state index is 0.0435. The van der Waals surface area contributed by atoms with Gasteiger partial charge in [0.1, 0.15) is 18.1 Å². The zero-order valence-electron chi connectivity index (χ0n) is 28.5. The molecule has 1 unspecified atom stereocenters. The number of rotatable bonds is 9. The molecule has 0 spiro atoms. The lowest BCUT2D eigenvalue weighted by atomic mass is 9.98. The van der Waals surface area contributed by atoms with Crippen LogP contribution in [-0.2, 0) is 36.1 Å². The number of aromatic nitrogens is 3. The fourth-order valence-electron chi connectivity index (χ4n) is 6.30. The molecule has 15 heteroatoms. The van der Waals surface area contributed by atoms with Crippen molar-refractivity contribution in [2.75, 3.05) is 51.1 Å². The number of hydrogen-bond acceptors (Lipinski definition) is 10. The van der Waals surface area contributed by atoms with Gasteiger partial charge in [-0.3, -0.25) is 14.6 Å². The molecule has 51 heavy (non-hydrogen) atoms. The molecule has 2 aliphatic rings. The van der Waals surface area contributed by atoms with Crippen molar-refractivity contribution in [2.45, 2.75) is 32.1 Å². The molecule has 0 bridgehead atoms. The number of halogens is 2. The molecule has 1 atom stereocenters. The van der Waals surface area contributed by atoms with Crippen LogP contribution in [0.5, 0.6) is 5.75 Å². The van der Waals surface area contributed by atoms with E-state index < -0.39 is 24.8 Å². The first-order valence-electron chi connectivity index (χ1n) is 16.1. The number of fused-ring (bicyclic) bond motifs is 1. The van der Waals surface area contributed by atoms with Crippen LogP contribution >= 0.6 is 11.6 Å². The molecule has 4 heterocycles. The van der Waals surface area contributed by atoms with E-state index in [4.69, 9.17) is 21.1 Å².